The normalized spacial score (nSPS) is 14.4. The molecule has 0 saturated heterocycles. The summed E-state index contributed by atoms with van der Waals surface area (Å²) in [6.07, 6.45) is 0.207. The van der Waals surface area contributed by atoms with Crippen LogP contribution >= 0.6 is 23.5 Å². The van der Waals surface area contributed by atoms with E-state index in [4.69, 9.17) is 4.74 Å². The highest BCUT2D eigenvalue weighted by molar-refractivity contribution is 9.10. The summed E-state index contributed by atoms with van der Waals surface area (Å²) in [7, 11) is -5.59. The largest absolute Gasteiger partial charge is 0.438 e. The third kappa shape index (κ3) is 7.03. The summed E-state index contributed by atoms with van der Waals surface area (Å²) in [6, 6.07) is 21.7. The van der Waals surface area contributed by atoms with E-state index < -0.39 is 42.9 Å². The number of carbonyl (C=O) groups is 2. The molecule has 1 N–H and O–H groups in total. The minimum atomic E-state index is -5.59. The first-order valence-electron chi connectivity index (χ1n) is 11.7. The molecule has 0 aliphatic carbocycles. The Morgan fingerprint density at radius 1 is 0.974 bits per heavy atom. The van der Waals surface area contributed by atoms with Gasteiger partial charge in [0.15, 0.2) is 5.78 Å². The van der Waals surface area contributed by atoms with Crippen LogP contribution in [0.3, 0.4) is 0 Å². The number of benzene rings is 3. The van der Waals surface area contributed by atoms with Crippen LogP contribution in [0, 0.1) is 5.41 Å². The van der Waals surface area contributed by atoms with Gasteiger partial charge in [-0.3, -0.25) is 18.7 Å². The number of alkyl halides is 2. The Hall–Kier alpha value is -2.71. The quantitative estimate of drug-likeness (QED) is 0.111. The van der Waals surface area contributed by atoms with Gasteiger partial charge < -0.3 is 9.63 Å². The Labute approximate surface area is 228 Å². The number of Topliss-reactive ketones (excluding diaryl/α,β-unsaturated/α-hetero) is 1. The smallest absolute Gasteiger partial charge is 0.404 e. The molecule has 6 nitrogen and oxygen atoms in total. The lowest BCUT2D eigenvalue weighted by molar-refractivity contribution is -0.160. The van der Waals surface area contributed by atoms with E-state index in [9.17, 15) is 19.0 Å². The van der Waals surface area contributed by atoms with Crippen molar-refractivity contribution in [1.82, 2.24) is 0 Å². The van der Waals surface area contributed by atoms with E-state index in [1.807, 2.05) is 36.4 Å². The summed E-state index contributed by atoms with van der Waals surface area (Å²) in [4.78, 5) is 35.2. The summed E-state index contributed by atoms with van der Waals surface area (Å²) in [6.45, 7) is 3.51. The molecular weight excluding hydrogens is 581 g/mol. The summed E-state index contributed by atoms with van der Waals surface area (Å²) in [5, 5.41) is 0. The van der Waals surface area contributed by atoms with Gasteiger partial charge in [0.25, 0.3) is 0 Å². The van der Waals surface area contributed by atoms with Crippen molar-refractivity contribution in [3.8, 4) is 0 Å². The highest BCUT2D eigenvalue weighted by atomic mass is 79.9. The van der Waals surface area contributed by atoms with Crippen LogP contribution < -0.4 is 0 Å². The first kappa shape index (κ1) is 29.8. The van der Waals surface area contributed by atoms with Crippen LogP contribution in [0.4, 0.5) is 8.78 Å². The zero-order chi connectivity index (χ0) is 28.1. The fourth-order valence-electron chi connectivity index (χ4n) is 3.62. The van der Waals surface area contributed by atoms with Crippen LogP contribution in [0.15, 0.2) is 83.3 Å². The Kier molecular flexibility index (Phi) is 9.42. The molecule has 202 valence electrons. The number of ether oxygens (including phenoxy) is 1. The molecule has 0 heterocycles. The van der Waals surface area contributed by atoms with Crippen molar-refractivity contribution in [2.75, 3.05) is 6.79 Å². The van der Waals surface area contributed by atoms with Gasteiger partial charge in [0.05, 0.1) is 11.3 Å². The number of carbonyl (C=O) groups excluding carboxylic acids is 2. The zero-order valence-electron chi connectivity index (χ0n) is 21.1. The van der Waals surface area contributed by atoms with Gasteiger partial charge >= 0.3 is 19.2 Å². The number of rotatable bonds is 10. The van der Waals surface area contributed by atoms with Crippen LogP contribution in [-0.4, -0.2) is 23.4 Å². The van der Waals surface area contributed by atoms with Gasteiger partial charge in [0, 0.05) is 15.6 Å². The fraction of sp³-hybridized carbons (Fsp3) is 0.286. The van der Waals surface area contributed by atoms with E-state index >= 15 is 8.78 Å². The third-order valence-electron chi connectivity index (χ3n) is 5.76. The topological polar surface area (TPSA) is 89.9 Å². The highest BCUT2D eigenvalue weighted by Gasteiger charge is 2.54. The van der Waals surface area contributed by atoms with Crippen LogP contribution in [0.5, 0.6) is 0 Å². The molecule has 0 bridgehead atoms. The van der Waals surface area contributed by atoms with Crippen molar-refractivity contribution in [3.05, 3.63) is 106 Å². The predicted molar refractivity (Wildman–Crippen MR) is 143 cm³/mol. The number of hydrogen-bond acceptors (Lipinski definition) is 5. The van der Waals surface area contributed by atoms with E-state index in [2.05, 4.69) is 20.5 Å². The summed E-state index contributed by atoms with van der Waals surface area (Å²) in [5.74, 6) is -1.48. The maximum Gasteiger partial charge on any atom is 0.404 e. The molecule has 0 aliphatic rings. The molecule has 10 heteroatoms. The van der Waals surface area contributed by atoms with Crippen LogP contribution in [0.1, 0.15) is 53.7 Å². The molecule has 38 heavy (non-hydrogen) atoms. The molecule has 0 aromatic heterocycles. The van der Waals surface area contributed by atoms with E-state index in [1.54, 1.807) is 24.3 Å². The summed E-state index contributed by atoms with van der Waals surface area (Å²) in [5.41, 5.74) is -4.18. The molecule has 0 fully saturated rings. The van der Waals surface area contributed by atoms with Gasteiger partial charge in [-0.05, 0) is 44.4 Å². The molecule has 0 aliphatic heterocycles. The van der Waals surface area contributed by atoms with Crippen molar-refractivity contribution in [2.24, 2.45) is 5.41 Å². The lowest BCUT2D eigenvalue weighted by atomic mass is 9.85. The van der Waals surface area contributed by atoms with E-state index in [0.717, 1.165) is 11.6 Å². The van der Waals surface area contributed by atoms with Crippen molar-refractivity contribution in [1.29, 1.82) is 0 Å². The lowest BCUT2D eigenvalue weighted by Crippen LogP contribution is -2.25. The van der Waals surface area contributed by atoms with Gasteiger partial charge in [-0.1, -0.05) is 88.7 Å². The number of halogens is 3. The summed E-state index contributed by atoms with van der Waals surface area (Å²) >= 11 is 3.08. The van der Waals surface area contributed by atoms with Gasteiger partial charge in [-0.15, -0.1) is 0 Å². The van der Waals surface area contributed by atoms with Crippen molar-refractivity contribution in [2.45, 2.75) is 38.8 Å². The maximum atomic E-state index is 15.1. The second-order valence-corrected chi connectivity index (χ2v) is 12.4. The summed E-state index contributed by atoms with van der Waals surface area (Å²) < 4.78 is 51.7. The van der Waals surface area contributed by atoms with Crippen LogP contribution in [0.2, 0.25) is 0 Å². The maximum absolute atomic E-state index is 15.1. The van der Waals surface area contributed by atoms with Crippen LogP contribution in [-0.2, 0) is 30.7 Å². The Morgan fingerprint density at radius 2 is 1.55 bits per heavy atom. The molecular formula is C28H28BrF2O6P. The molecule has 0 amide bonds. The minimum Gasteiger partial charge on any atom is -0.438 e. The highest BCUT2D eigenvalue weighted by Crippen LogP contribution is 2.64. The Balaban J connectivity index is 1.83. The number of esters is 1. The van der Waals surface area contributed by atoms with E-state index in [-0.39, 0.29) is 16.7 Å². The molecule has 2 atom stereocenters. The number of ketones is 1. The van der Waals surface area contributed by atoms with Crippen LogP contribution in [0.25, 0.3) is 0 Å². The molecule has 0 radical (unpaired) electrons. The minimum absolute atomic E-state index is 0.125. The van der Waals surface area contributed by atoms with E-state index in [0.29, 0.717) is 11.1 Å². The fourth-order valence-corrected chi connectivity index (χ4v) is 5.30. The molecule has 2 unspecified atom stereocenters. The third-order valence-corrected chi connectivity index (χ3v) is 7.82. The van der Waals surface area contributed by atoms with Crippen molar-refractivity contribution < 1.29 is 37.1 Å². The molecule has 0 saturated carbocycles. The standard InChI is InChI=1S/C28H28BrF2O6P/c1-27(2,3)26(33)36-18-37-38(34,35)28(30,31)23-15-14-19(17-24(23)29)16-22(20-10-6-4-7-11-20)25(32)21-12-8-5-9-13-21/h4-15,17,22H,16,18H2,1-3H3,(H,34,35). The lowest BCUT2D eigenvalue weighted by Gasteiger charge is -2.24. The Morgan fingerprint density at radius 3 is 2.11 bits per heavy atom. The first-order chi connectivity index (χ1) is 17.7. The van der Waals surface area contributed by atoms with Gasteiger partial charge in [-0.2, -0.15) is 8.78 Å². The van der Waals surface area contributed by atoms with Crippen molar-refractivity contribution >= 4 is 35.3 Å². The average molecular weight is 609 g/mol. The average Bonchev–Trinajstić information content (AvgIpc) is 2.87. The van der Waals surface area contributed by atoms with E-state index in [1.165, 1.54) is 32.9 Å². The first-order valence-corrected chi connectivity index (χ1v) is 14.1. The molecule has 3 rings (SSSR count). The SMILES string of the molecule is CC(C)(C)C(=O)OCOP(=O)(O)C(F)(F)c1ccc(CC(C(=O)c2ccccc2)c2ccccc2)cc1Br. The second kappa shape index (κ2) is 12.0. The Bertz CT molecular complexity index is 1330. The predicted octanol–water partition coefficient (Wildman–Crippen LogP) is 7.46. The van der Waals surface area contributed by atoms with Gasteiger partial charge in [0.2, 0.25) is 6.79 Å². The van der Waals surface area contributed by atoms with Gasteiger partial charge in [0.1, 0.15) is 0 Å². The number of hydrogen-bond donors (Lipinski definition) is 1. The molecule has 0 spiro atoms. The molecule has 3 aromatic rings. The monoisotopic (exact) mass is 608 g/mol. The van der Waals surface area contributed by atoms with Gasteiger partial charge in [-0.25, -0.2) is 0 Å². The zero-order valence-corrected chi connectivity index (χ0v) is 23.5. The van der Waals surface area contributed by atoms with Crippen molar-refractivity contribution in [3.63, 3.8) is 0 Å². The second-order valence-electron chi connectivity index (χ2n) is 9.70. The molecule has 3 aromatic carbocycles.